The molecule has 1 atom stereocenters. The Morgan fingerprint density at radius 2 is 2.06 bits per heavy atom. The first kappa shape index (κ1) is 14.9. The summed E-state index contributed by atoms with van der Waals surface area (Å²) in [6.07, 6.45) is 0.898. The lowest BCUT2D eigenvalue weighted by atomic mass is 10.1. The molecule has 0 radical (unpaired) electrons. The lowest BCUT2D eigenvalue weighted by Gasteiger charge is -2.07. The minimum Gasteiger partial charge on any atom is -0.355 e. The van der Waals surface area contributed by atoms with Gasteiger partial charge in [-0.15, -0.1) is 0 Å². The third-order valence-electron chi connectivity index (χ3n) is 2.69. The Kier molecular flexibility index (Phi) is 6.05. The minimum atomic E-state index is -1.14. The molecule has 1 amide bonds. The van der Waals surface area contributed by atoms with Gasteiger partial charge in [-0.25, -0.2) is 0 Å². The van der Waals surface area contributed by atoms with E-state index in [1.807, 2.05) is 39.0 Å². The summed E-state index contributed by atoms with van der Waals surface area (Å²) in [4.78, 5) is 11.5. The summed E-state index contributed by atoms with van der Waals surface area (Å²) in [6, 6.07) is 6.10. The minimum absolute atomic E-state index is 0.0907. The molecule has 1 aromatic rings. The second-order valence-corrected chi connectivity index (χ2v) is 5.97. The highest BCUT2D eigenvalue weighted by Crippen LogP contribution is 2.12. The molecule has 3 nitrogen and oxygen atoms in total. The largest absolute Gasteiger partial charge is 0.355 e. The van der Waals surface area contributed by atoms with E-state index in [1.54, 1.807) is 0 Å². The standard InChI is InChI=1S/C14H21NO2S/c1-4-7-15-14(16)10-18(17)9-13-8-11(2)5-6-12(13)3/h5-6,8H,4,7,9-10H2,1-3H3,(H,15,16)/t18-/m1/s1. The third kappa shape index (κ3) is 5.00. The third-order valence-corrected chi connectivity index (χ3v) is 3.90. The van der Waals surface area contributed by atoms with E-state index in [0.29, 0.717) is 12.3 Å². The Hall–Kier alpha value is -1.16. The van der Waals surface area contributed by atoms with Crippen LogP contribution in [0.4, 0.5) is 0 Å². The Morgan fingerprint density at radius 3 is 2.72 bits per heavy atom. The normalized spacial score (nSPS) is 12.2. The van der Waals surface area contributed by atoms with Crippen molar-refractivity contribution in [2.45, 2.75) is 32.9 Å². The number of carbonyl (C=O) groups is 1. The molecule has 0 aliphatic rings. The van der Waals surface area contributed by atoms with Crippen molar-refractivity contribution in [3.63, 3.8) is 0 Å². The molecule has 0 fully saturated rings. The van der Waals surface area contributed by atoms with Crippen molar-refractivity contribution in [3.05, 3.63) is 34.9 Å². The van der Waals surface area contributed by atoms with Crippen LogP contribution in [-0.4, -0.2) is 22.4 Å². The van der Waals surface area contributed by atoms with Crippen LogP contribution >= 0.6 is 0 Å². The monoisotopic (exact) mass is 267 g/mol. The van der Waals surface area contributed by atoms with Crippen LogP contribution in [0.25, 0.3) is 0 Å². The highest BCUT2D eigenvalue weighted by Gasteiger charge is 2.09. The maximum absolute atomic E-state index is 11.9. The summed E-state index contributed by atoms with van der Waals surface area (Å²) in [7, 11) is -1.14. The summed E-state index contributed by atoms with van der Waals surface area (Å²) in [5, 5.41) is 2.74. The van der Waals surface area contributed by atoms with Gasteiger partial charge >= 0.3 is 0 Å². The van der Waals surface area contributed by atoms with Crippen LogP contribution in [0.2, 0.25) is 0 Å². The van der Waals surface area contributed by atoms with Crippen LogP contribution in [0.5, 0.6) is 0 Å². The maximum atomic E-state index is 11.9. The molecule has 18 heavy (non-hydrogen) atoms. The molecule has 0 bridgehead atoms. The van der Waals surface area contributed by atoms with Gasteiger partial charge in [-0.05, 0) is 31.4 Å². The van der Waals surface area contributed by atoms with Gasteiger partial charge in [0.25, 0.3) is 0 Å². The van der Waals surface area contributed by atoms with E-state index in [0.717, 1.165) is 23.1 Å². The summed E-state index contributed by atoms with van der Waals surface area (Å²) >= 11 is 0. The van der Waals surface area contributed by atoms with E-state index in [4.69, 9.17) is 0 Å². The average molecular weight is 267 g/mol. The lowest BCUT2D eigenvalue weighted by molar-refractivity contribution is -0.118. The smallest absolute Gasteiger partial charge is 0.232 e. The van der Waals surface area contributed by atoms with Crippen LogP contribution in [0, 0.1) is 13.8 Å². The quantitative estimate of drug-likeness (QED) is 0.857. The molecule has 0 unspecified atom stereocenters. The molecule has 1 N–H and O–H groups in total. The van der Waals surface area contributed by atoms with Crippen molar-refractivity contribution in [2.24, 2.45) is 0 Å². The molecule has 0 aliphatic heterocycles. The number of benzene rings is 1. The number of amides is 1. The predicted octanol–water partition coefficient (Wildman–Crippen LogP) is 2.08. The first-order valence-electron chi connectivity index (χ1n) is 6.20. The van der Waals surface area contributed by atoms with Crippen molar-refractivity contribution < 1.29 is 9.00 Å². The van der Waals surface area contributed by atoms with E-state index in [1.165, 1.54) is 0 Å². The van der Waals surface area contributed by atoms with Gasteiger partial charge in [0.2, 0.25) is 5.91 Å². The maximum Gasteiger partial charge on any atom is 0.232 e. The summed E-state index contributed by atoms with van der Waals surface area (Å²) in [5.74, 6) is 0.418. The molecular formula is C14H21NO2S. The van der Waals surface area contributed by atoms with Crippen molar-refractivity contribution >= 4 is 16.7 Å². The van der Waals surface area contributed by atoms with Crippen LogP contribution in [0.1, 0.15) is 30.0 Å². The lowest BCUT2D eigenvalue weighted by Crippen LogP contribution is -2.29. The van der Waals surface area contributed by atoms with E-state index in [9.17, 15) is 9.00 Å². The van der Waals surface area contributed by atoms with Gasteiger partial charge in [0.1, 0.15) is 5.75 Å². The van der Waals surface area contributed by atoms with Gasteiger partial charge in [-0.2, -0.15) is 0 Å². The Bertz CT molecular complexity index is 443. The first-order chi connectivity index (χ1) is 8.52. The molecule has 0 saturated heterocycles. The Morgan fingerprint density at radius 1 is 1.33 bits per heavy atom. The van der Waals surface area contributed by atoms with Crippen molar-refractivity contribution in [3.8, 4) is 0 Å². The van der Waals surface area contributed by atoms with Gasteiger partial charge in [0.15, 0.2) is 0 Å². The number of hydrogen-bond acceptors (Lipinski definition) is 2. The van der Waals surface area contributed by atoms with E-state index in [2.05, 4.69) is 5.32 Å². The number of rotatable bonds is 6. The Labute approximate surface area is 111 Å². The number of hydrogen-bond donors (Lipinski definition) is 1. The zero-order chi connectivity index (χ0) is 13.5. The van der Waals surface area contributed by atoms with Gasteiger partial charge in [-0.1, -0.05) is 30.7 Å². The molecule has 0 aliphatic carbocycles. The fourth-order valence-electron chi connectivity index (χ4n) is 1.64. The van der Waals surface area contributed by atoms with E-state index in [-0.39, 0.29) is 11.7 Å². The Balaban J connectivity index is 2.54. The second kappa shape index (κ2) is 7.31. The zero-order valence-corrected chi connectivity index (χ0v) is 12.1. The number of nitrogens with one attached hydrogen (secondary N) is 1. The van der Waals surface area contributed by atoms with E-state index >= 15 is 0 Å². The van der Waals surface area contributed by atoms with Crippen LogP contribution < -0.4 is 5.32 Å². The van der Waals surface area contributed by atoms with Gasteiger partial charge in [0.05, 0.1) is 0 Å². The molecule has 0 spiro atoms. The summed E-state index contributed by atoms with van der Waals surface area (Å²) < 4.78 is 11.9. The molecule has 0 aromatic heterocycles. The summed E-state index contributed by atoms with van der Waals surface area (Å²) in [6.45, 7) is 6.66. The number of carbonyl (C=O) groups excluding carboxylic acids is 1. The summed E-state index contributed by atoms with van der Waals surface area (Å²) in [5.41, 5.74) is 3.35. The SMILES string of the molecule is CCCNC(=O)C[S@](=O)Cc1cc(C)ccc1C. The average Bonchev–Trinajstić information content (AvgIpc) is 2.31. The van der Waals surface area contributed by atoms with Crippen LogP contribution in [0.3, 0.4) is 0 Å². The molecule has 0 heterocycles. The fraction of sp³-hybridized carbons (Fsp3) is 0.500. The molecular weight excluding hydrogens is 246 g/mol. The molecule has 1 aromatic carbocycles. The molecule has 100 valence electrons. The highest BCUT2D eigenvalue weighted by molar-refractivity contribution is 7.84. The first-order valence-corrected chi connectivity index (χ1v) is 7.69. The van der Waals surface area contributed by atoms with Gasteiger partial charge in [0, 0.05) is 23.1 Å². The topological polar surface area (TPSA) is 46.2 Å². The van der Waals surface area contributed by atoms with Crippen molar-refractivity contribution in [1.29, 1.82) is 0 Å². The highest BCUT2D eigenvalue weighted by atomic mass is 32.2. The predicted molar refractivity (Wildman–Crippen MR) is 75.9 cm³/mol. The van der Waals surface area contributed by atoms with Gasteiger partial charge < -0.3 is 5.32 Å². The zero-order valence-electron chi connectivity index (χ0n) is 11.3. The van der Waals surface area contributed by atoms with Crippen LogP contribution in [-0.2, 0) is 21.3 Å². The van der Waals surface area contributed by atoms with Crippen LogP contribution in [0.15, 0.2) is 18.2 Å². The van der Waals surface area contributed by atoms with Crippen molar-refractivity contribution in [2.75, 3.05) is 12.3 Å². The van der Waals surface area contributed by atoms with E-state index < -0.39 is 10.8 Å². The molecule has 4 heteroatoms. The second-order valence-electron chi connectivity index (χ2n) is 4.51. The molecule has 0 saturated carbocycles. The van der Waals surface area contributed by atoms with Crippen molar-refractivity contribution in [1.82, 2.24) is 5.32 Å². The fourth-order valence-corrected chi connectivity index (χ4v) is 2.80. The number of aryl methyl sites for hydroxylation is 2. The molecule has 1 rings (SSSR count). The van der Waals surface area contributed by atoms with Gasteiger partial charge in [-0.3, -0.25) is 9.00 Å².